The number of halogens is 1. The summed E-state index contributed by atoms with van der Waals surface area (Å²) >= 11 is 0. The van der Waals surface area contributed by atoms with Gasteiger partial charge in [0.05, 0.1) is 0 Å². The Morgan fingerprint density at radius 2 is 1.67 bits per heavy atom. The number of hydrogen-bond donors (Lipinski definition) is 1. The van der Waals surface area contributed by atoms with Gasteiger partial charge in [-0.1, -0.05) is 39.0 Å². The van der Waals surface area contributed by atoms with Crippen molar-refractivity contribution in [2.45, 2.75) is 58.2 Å². The van der Waals surface area contributed by atoms with Gasteiger partial charge in [-0.15, -0.1) is 0 Å². The van der Waals surface area contributed by atoms with Gasteiger partial charge in [0.1, 0.15) is 0 Å². The first kappa shape index (κ1) is 11.9. The summed E-state index contributed by atoms with van der Waals surface area (Å²) in [6, 6.07) is 0. The van der Waals surface area contributed by atoms with Gasteiger partial charge in [-0.05, 0) is 19.9 Å². The van der Waals surface area contributed by atoms with Crippen molar-refractivity contribution in [1.82, 2.24) is 5.32 Å². The molecule has 0 radical (unpaired) electrons. The predicted octanol–water partition coefficient (Wildman–Crippen LogP) is 3.25. The van der Waals surface area contributed by atoms with Gasteiger partial charge >= 0.3 is 0 Å². The van der Waals surface area contributed by atoms with Crippen molar-refractivity contribution in [3.05, 3.63) is 0 Å². The maximum Gasteiger partial charge on any atom is 0.150 e. The van der Waals surface area contributed by atoms with Crippen LogP contribution in [0.2, 0.25) is 0 Å². The lowest BCUT2D eigenvalue weighted by atomic mass is 10.1. The Kier molecular flexibility index (Phi) is 8.90. The molecule has 0 aromatic carbocycles. The fourth-order valence-electron chi connectivity index (χ4n) is 1.25. The lowest BCUT2D eigenvalue weighted by Gasteiger charge is -2.05. The van der Waals surface area contributed by atoms with Crippen LogP contribution in [-0.2, 0) is 0 Å². The molecule has 1 unspecified atom stereocenters. The summed E-state index contributed by atoms with van der Waals surface area (Å²) in [5.41, 5.74) is 0. The van der Waals surface area contributed by atoms with Gasteiger partial charge in [-0.3, -0.25) is 5.32 Å². The molecule has 0 rings (SSSR count). The minimum atomic E-state index is -0.795. The summed E-state index contributed by atoms with van der Waals surface area (Å²) in [5.74, 6) is 0. The van der Waals surface area contributed by atoms with Crippen LogP contribution in [0.1, 0.15) is 51.9 Å². The van der Waals surface area contributed by atoms with Crippen LogP contribution in [0.5, 0.6) is 0 Å². The van der Waals surface area contributed by atoms with Crippen molar-refractivity contribution in [2.24, 2.45) is 0 Å². The normalized spacial score (nSPS) is 13.2. The van der Waals surface area contributed by atoms with Crippen LogP contribution in [-0.4, -0.2) is 13.3 Å². The topological polar surface area (TPSA) is 12.0 Å². The van der Waals surface area contributed by atoms with Crippen LogP contribution in [0.4, 0.5) is 4.39 Å². The largest absolute Gasteiger partial charge is 0.291 e. The monoisotopic (exact) mass is 175 g/mol. The minimum absolute atomic E-state index is 0.669. The molecule has 0 aliphatic rings. The molecular formula is C10H22FN. The van der Waals surface area contributed by atoms with Crippen LogP contribution in [0.3, 0.4) is 0 Å². The Labute approximate surface area is 75.7 Å². The van der Waals surface area contributed by atoms with E-state index in [0.717, 1.165) is 6.42 Å². The maximum atomic E-state index is 12.6. The molecule has 74 valence electrons. The molecule has 1 N–H and O–H groups in total. The number of unbranched alkanes of at least 4 members (excludes halogenated alkanes) is 5. The second-order valence-corrected chi connectivity index (χ2v) is 3.31. The average molecular weight is 175 g/mol. The van der Waals surface area contributed by atoms with Crippen LogP contribution in [0.15, 0.2) is 0 Å². The Bertz CT molecular complexity index is 85.9. The van der Waals surface area contributed by atoms with Crippen molar-refractivity contribution >= 4 is 0 Å². The van der Waals surface area contributed by atoms with Gasteiger partial charge in [-0.25, -0.2) is 4.39 Å². The second kappa shape index (κ2) is 8.98. The lowest BCUT2D eigenvalue weighted by Crippen LogP contribution is -2.18. The van der Waals surface area contributed by atoms with Crippen molar-refractivity contribution in [3.63, 3.8) is 0 Å². The third kappa shape index (κ3) is 7.99. The van der Waals surface area contributed by atoms with Crippen molar-refractivity contribution in [3.8, 4) is 0 Å². The van der Waals surface area contributed by atoms with Crippen LogP contribution < -0.4 is 5.32 Å². The Hall–Kier alpha value is -0.110. The van der Waals surface area contributed by atoms with Gasteiger partial charge in [-0.2, -0.15) is 0 Å². The van der Waals surface area contributed by atoms with Gasteiger partial charge in [0.2, 0.25) is 0 Å². The lowest BCUT2D eigenvalue weighted by molar-refractivity contribution is 0.266. The van der Waals surface area contributed by atoms with Crippen molar-refractivity contribution in [1.29, 1.82) is 0 Å². The van der Waals surface area contributed by atoms with Gasteiger partial charge in [0.15, 0.2) is 6.30 Å². The van der Waals surface area contributed by atoms with E-state index >= 15 is 0 Å². The van der Waals surface area contributed by atoms with Crippen molar-refractivity contribution in [2.75, 3.05) is 7.05 Å². The summed E-state index contributed by atoms with van der Waals surface area (Å²) in [6.45, 7) is 2.21. The molecule has 0 amide bonds. The molecule has 0 saturated carbocycles. The highest BCUT2D eigenvalue weighted by Crippen LogP contribution is 2.08. The van der Waals surface area contributed by atoms with E-state index in [4.69, 9.17) is 0 Å². The van der Waals surface area contributed by atoms with Gasteiger partial charge < -0.3 is 0 Å². The zero-order valence-corrected chi connectivity index (χ0v) is 8.41. The summed E-state index contributed by atoms with van der Waals surface area (Å²) in [5, 5.41) is 2.60. The van der Waals surface area contributed by atoms with Gasteiger partial charge in [0, 0.05) is 0 Å². The third-order valence-corrected chi connectivity index (χ3v) is 2.12. The number of nitrogens with one attached hydrogen (secondary N) is 1. The molecule has 0 aliphatic carbocycles. The molecule has 0 fully saturated rings. The second-order valence-electron chi connectivity index (χ2n) is 3.31. The van der Waals surface area contributed by atoms with E-state index in [0.29, 0.717) is 6.42 Å². The summed E-state index contributed by atoms with van der Waals surface area (Å²) in [4.78, 5) is 0. The van der Waals surface area contributed by atoms with E-state index in [-0.39, 0.29) is 0 Å². The molecule has 1 atom stereocenters. The molecule has 1 nitrogen and oxygen atoms in total. The zero-order chi connectivity index (χ0) is 9.23. The quantitative estimate of drug-likeness (QED) is 0.441. The molecule has 0 heterocycles. The number of hydrogen-bond acceptors (Lipinski definition) is 1. The minimum Gasteiger partial charge on any atom is -0.291 e. The molecule has 2 heteroatoms. The highest BCUT2D eigenvalue weighted by Gasteiger charge is 2.00. The van der Waals surface area contributed by atoms with E-state index in [1.165, 1.54) is 32.1 Å². The first-order valence-corrected chi connectivity index (χ1v) is 5.12. The predicted molar refractivity (Wildman–Crippen MR) is 51.9 cm³/mol. The fourth-order valence-corrected chi connectivity index (χ4v) is 1.25. The fraction of sp³-hybridized carbons (Fsp3) is 1.00. The third-order valence-electron chi connectivity index (χ3n) is 2.12. The molecule has 0 aliphatic heterocycles. The highest BCUT2D eigenvalue weighted by atomic mass is 19.1. The SMILES string of the molecule is CCCCCCCCC(F)NC. The molecule has 0 saturated heterocycles. The number of alkyl halides is 1. The first-order chi connectivity index (χ1) is 5.81. The molecule has 0 aromatic rings. The Balaban J connectivity index is 2.90. The standard InChI is InChI=1S/C10H22FN/c1-3-4-5-6-7-8-9-10(11)12-2/h10,12H,3-9H2,1-2H3. The zero-order valence-electron chi connectivity index (χ0n) is 8.41. The molecule has 0 aromatic heterocycles. The van der Waals surface area contributed by atoms with Crippen LogP contribution in [0, 0.1) is 0 Å². The molecule has 0 spiro atoms. The molecule has 12 heavy (non-hydrogen) atoms. The van der Waals surface area contributed by atoms with E-state index in [1.807, 2.05) is 0 Å². The highest BCUT2D eigenvalue weighted by molar-refractivity contribution is 4.50. The molecule has 0 bridgehead atoms. The van der Waals surface area contributed by atoms with E-state index in [9.17, 15) is 4.39 Å². The van der Waals surface area contributed by atoms with E-state index in [2.05, 4.69) is 12.2 Å². The summed E-state index contributed by atoms with van der Waals surface area (Å²) in [6.07, 6.45) is 7.26. The van der Waals surface area contributed by atoms with Crippen molar-refractivity contribution < 1.29 is 4.39 Å². The smallest absolute Gasteiger partial charge is 0.150 e. The molecular weight excluding hydrogens is 153 g/mol. The van der Waals surface area contributed by atoms with E-state index in [1.54, 1.807) is 7.05 Å². The Morgan fingerprint density at radius 3 is 2.25 bits per heavy atom. The average Bonchev–Trinajstić information content (AvgIpc) is 2.10. The first-order valence-electron chi connectivity index (χ1n) is 5.12. The summed E-state index contributed by atoms with van der Waals surface area (Å²) < 4.78 is 12.6. The van der Waals surface area contributed by atoms with Crippen LogP contribution >= 0.6 is 0 Å². The Morgan fingerprint density at radius 1 is 1.08 bits per heavy atom. The maximum absolute atomic E-state index is 12.6. The number of rotatable bonds is 8. The van der Waals surface area contributed by atoms with E-state index < -0.39 is 6.30 Å². The summed E-state index contributed by atoms with van der Waals surface area (Å²) in [7, 11) is 1.67. The van der Waals surface area contributed by atoms with Gasteiger partial charge in [0.25, 0.3) is 0 Å². The van der Waals surface area contributed by atoms with Crippen LogP contribution in [0.25, 0.3) is 0 Å².